The van der Waals surface area contributed by atoms with Crippen molar-refractivity contribution in [3.05, 3.63) is 0 Å². The summed E-state index contributed by atoms with van der Waals surface area (Å²) in [5.41, 5.74) is 0. The van der Waals surface area contributed by atoms with Crippen LogP contribution in [0.25, 0.3) is 0 Å². The van der Waals surface area contributed by atoms with Gasteiger partial charge in [-0.05, 0) is 22.6 Å². The minimum Gasteiger partial charge on any atom is -0.369 e. The quantitative estimate of drug-likeness (QED) is 0.574. The van der Waals surface area contributed by atoms with Crippen molar-refractivity contribution in [3.8, 4) is 0 Å². The average molecular weight is 137 g/mol. The number of rotatable bonds is 2. The molecule has 0 fully saturated rings. The van der Waals surface area contributed by atoms with Gasteiger partial charge < -0.3 is 9.84 Å². The van der Waals surface area contributed by atoms with E-state index in [-0.39, 0.29) is 0 Å². The van der Waals surface area contributed by atoms with Crippen LogP contribution in [0.2, 0.25) is 0 Å². The molecule has 0 aliphatic rings. The van der Waals surface area contributed by atoms with Gasteiger partial charge in [-0.3, -0.25) is 0 Å². The van der Waals surface area contributed by atoms with Crippen molar-refractivity contribution in [2.45, 2.75) is 13.8 Å². The lowest BCUT2D eigenvalue weighted by molar-refractivity contribution is 0.488. The SMILES string of the molecule is CCNCC.COP. The maximum atomic E-state index is 4.17. The van der Waals surface area contributed by atoms with Gasteiger partial charge in [-0.2, -0.15) is 0 Å². The molecule has 0 saturated carbocycles. The predicted octanol–water partition coefficient (Wildman–Crippen LogP) is 1.04. The second kappa shape index (κ2) is 15.7. The molecule has 0 spiro atoms. The van der Waals surface area contributed by atoms with Crippen LogP contribution in [-0.4, -0.2) is 20.2 Å². The highest BCUT2D eigenvalue weighted by Crippen LogP contribution is 1.68. The van der Waals surface area contributed by atoms with E-state index in [1.165, 1.54) is 0 Å². The summed E-state index contributed by atoms with van der Waals surface area (Å²) < 4.78 is 4.17. The summed E-state index contributed by atoms with van der Waals surface area (Å²) in [6.07, 6.45) is 0. The standard InChI is InChI=1S/C4H11N.CH5OP/c1-3-5-4-2;1-2-3/h5H,3-4H2,1-2H3;3H2,1H3. The van der Waals surface area contributed by atoms with Crippen LogP contribution in [-0.2, 0) is 4.52 Å². The molecule has 0 aromatic carbocycles. The fourth-order valence-corrected chi connectivity index (χ4v) is 0.250. The third-order valence-electron chi connectivity index (χ3n) is 0.500. The van der Waals surface area contributed by atoms with E-state index in [1.807, 2.05) is 0 Å². The summed E-state index contributed by atoms with van der Waals surface area (Å²) in [5, 5.41) is 3.11. The van der Waals surface area contributed by atoms with Crippen LogP contribution >= 0.6 is 9.47 Å². The smallest absolute Gasteiger partial charge is 0.0391 e. The minimum absolute atomic E-state index is 1.09. The maximum absolute atomic E-state index is 4.17. The lowest BCUT2D eigenvalue weighted by Crippen LogP contribution is -2.09. The normalized spacial score (nSPS) is 7.50. The molecule has 0 rings (SSSR count). The first-order chi connectivity index (χ1) is 3.83. The van der Waals surface area contributed by atoms with Gasteiger partial charge in [0.1, 0.15) is 0 Å². The molecule has 3 heteroatoms. The van der Waals surface area contributed by atoms with Gasteiger partial charge in [-0.25, -0.2) is 0 Å². The Hall–Kier alpha value is 0.350. The summed E-state index contributed by atoms with van der Waals surface area (Å²) in [7, 11) is 3.67. The Morgan fingerprint density at radius 1 is 1.38 bits per heavy atom. The summed E-state index contributed by atoms with van der Waals surface area (Å²) in [5.74, 6) is 0. The van der Waals surface area contributed by atoms with Gasteiger partial charge in [-0.1, -0.05) is 13.8 Å². The Balaban J connectivity index is 0. The molecule has 0 amide bonds. The number of hydrogen-bond donors (Lipinski definition) is 1. The van der Waals surface area contributed by atoms with Crippen LogP contribution in [0.4, 0.5) is 0 Å². The van der Waals surface area contributed by atoms with E-state index < -0.39 is 0 Å². The van der Waals surface area contributed by atoms with Crippen LogP contribution in [0.1, 0.15) is 13.8 Å². The van der Waals surface area contributed by atoms with Crippen LogP contribution in [0.3, 0.4) is 0 Å². The third-order valence-corrected chi connectivity index (χ3v) is 0.500. The molecule has 1 unspecified atom stereocenters. The first kappa shape index (κ1) is 11.2. The van der Waals surface area contributed by atoms with E-state index in [1.54, 1.807) is 7.11 Å². The van der Waals surface area contributed by atoms with Crippen molar-refractivity contribution in [2.24, 2.45) is 0 Å². The summed E-state index contributed by atoms with van der Waals surface area (Å²) in [6, 6.07) is 0. The van der Waals surface area contributed by atoms with Crippen LogP contribution < -0.4 is 5.32 Å². The van der Waals surface area contributed by atoms with Gasteiger partial charge in [0, 0.05) is 7.11 Å². The molecule has 52 valence electrons. The zero-order valence-electron chi connectivity index (χ0n) is 5.90. The monoisotopic (exact) mass is 137 g/mol. The molecule has 0 bridgehead atoms. The molecular formula is C5H16NOP. The van der Waals surface area contributed by atoms with Crippen molar-refractivity contribution in [1.29, 1.82) is 0 Å². The molecule has 2 nitrogen and oxygen atoms in total. The van der Waals surface area contributed by atoms with Gasteiger partial charge >= 0.3 is 0 Å². The van der Waals surface area contributed by atoms with E-state index >= 15 is 0 Å². The molecule has 1 atom stereocenters. The molecule has 0 aromatic rings. The molecule has 0 saturated heterocycles. The zero-order valence-corrected chi connectivity index (χ0v) is 7.05. The third kappa shape index (κ3) is 32.9. The van der Waals surface area contributed by atoms with E-state index in [0.717, 1.165) is 13.1 Å². The largest absolute Gasteiger partial charge is 0.369 e. The highest BCUT2D eigenvalue weighted by molar-refractivity contribution is 7.09. The second-order valence-corrected chi connectivity index (χ2v) is 1.66. The van der Waals surface area contributed by atoms with E-state index in [4.69, 9.17) is 0 Å². The number of hydrogen-bond acceptors (Lipinski definition) is 2. The first-order valence-corrected chi connectivity index (χ1v) is 3.24. The van der Waals surface area contributed by atoms with Gasteiger partial charge in [0.05, 0.1) is 0 Å². The predicted molar refractivity (Wildman–Crippen MR) is 40.9 cm³/mol. The Morgan fingerprint density at radius 3 is 1.62 bits per heavy atom. The molecular weight excluding hydrogens is 121 g/mol. The Bertz CT molecular complexity index is 26.4. The highest BCUT2D eigenvalue weighted by atomic mass is 31.0. The molecule has 0 radical (unpaired) electrons. The van der Waals surface area contributed by atoms with Crippen molar-refractivity contribution in [2.75, 3.05) is 20.2 Å². The summed E-state index contributed by atoms with van der Waals surface area (Å²) in [4.78, 5) is 0. The molecule has 0 aliphatic heterocycles. The van der Waals surface area contributed by atoms with Gasteiger partial charge in [-0.15, -0.1) is 0 Å². The maximum Gasteiger partial charge on any atom is 0.0391 e. The molecule has 0 aliphatic carbocycles. The second-order valence-electron chi connectivity index (χ2n) is 1.19. The minimum atomic E-state index is 1.09. The van der Waals surface area contributed by atoms with Crippen molar-refractivity contribution >= 4 is 9.47 Å². The fraction of sp³-hybridized carbons (Fsp3) is 1.00. The lowest BCUT2D eigenvalue weighted by Gasteiger charge is -1.86. The lowest BCUT2D eigenvalue weighted by atomic mass is 10.7. The van der Waals surface area contributed by atoms with E-state index in [0.29, 0.717) is 0 Å². The molecule has 1 N–H and O–H groups in total. The molecule has 8 heavy (non-hydrogen) atoms. The highest BCUT2D eigenvalue weighted by Gasteiger charge is 1.62. The van der Waals surface area contributed by atoms with Crippen molar-refractivity contribution in [3.63, 3.8) is 0 Å². The van der Waals surface area contributed by atoms with Crippen LogP contribution in [0, 0.1) is 0 Å². The van der Waals surface area contributed by atoms with Crippen LogP contribution in [0.5, 0.6) is 0 Å². The Labute approximate surface area is 54.3 Å². The van der Waals surface area contributed by atoms with E-state index in [9.17, 15) is 0 Å². The zero-order chi connectivity index (χ0) is 6.83. The summed E-state index contributed by atoms with van der Waals surface area (Å²) in [6.45, 7) is 6.39. The number of nitrogens with one attached hydrogen (secondary N) is 1. The Morgan fingerprint density at radius 2 is 1.62 bits per heavy atom. The average Bonchev–Trinajstić information content (AvgIpc) is 1.71. The molecule has 0 aromatic heterocycles. The van der Waals surface area contributed by atoms with E-state index in [2.05, 4.69) is 33.2 Å². The van der Waals surface area contributed by atoms with Crippen LogP contribution in [0.15, 0.2) is 0 Å². The Kier molecular flexibility index (Phi) is 21.9. The van der Waals surface area contributed by atoms with Gasteiger partial charge in [0.25, 0.3) is 0 Å². The topological polar surface area (TPSA) is 21.3 Å². The van der Waals surface area contributed by atoms with Crippen molar-refractivity contribution < 1.29 is 4.52 Å². The molecule has 0 heterocycles. The van der Waals surface area contributed by atoms with Gasteiger partial charge in [0.2, 0.25) is 0 Å². The summed E-state index contributed by atoms with van der Waals surface area (Å²) >= 11 is 0. The van der Waals surface area contributed by atoms with Gasteiger partial charge in [0.15, 0.2) is 0 Å². The van der Waals surface area contributed by atoms with Crippen molar-refractivity contribution in [1.82, 2.24) is 5.32 Å². The fourth-order valence-electron chi connectivity index (χ4n) is 0.250. The first-order valence-electron chi connectivity index (χ1n) is 2.77.